The third kappa shape index (κ3) is 2.55. The number of hydrogen-bond donors (Lipinski definition) is 1. The van der Waals surface area contributed by atoms with Crippen molar-refractivity contribution in [3.63, 3.8) is 0 Å². The highest BCUT2D eigenvalue weighted by Crippen LogP contribution is 2.55. The highest BCUT2D eigenvalue weighted by Gasteiger charge is 2.72. The molecule has 5 nitrogen and oxygen atoms in total. The second-order valence-corrected chi connectivity index (χ2v) is 4.81. The van der Waals surface area contributed by atoms with Gasteiger partial charge in [0.15, 0.2) is 11.1 Å². The van der Waals surface area contributed by atoms with Crippen LogP contribution < -0.4 is 4.90 Å². The minimum Gasteiger partial charge on any atom is -0.476 e. The van der Waals surface area contributed by atoms with E-state index in [9.17, 15) is 31.1 Å². The smallest absolute Gasteiger partial charge is 0.404 e. The number of hydrogen-bond acceptors (Lipinski definition) is 4. The zero-order valence-electron chi connectivity index (χ0n) is 10.7. The molecule has 1 aliphatic heterocycles. The molecule has 0 amide bonds. The number of aromatic carboxylic acids is 1. The lowest BCUT2D eigenvalue weighted by molar-refractivity contribution is -0.332. The molecule has 0 saturated carbocycles. The average Bonchev–Trinajstić information content (AvgIpc) is 2.84. The van der Waals surface area contributed by atoms with Gasteiger partial charge in [0, 0.05) is 13.1 Å². The van der Waals surface area contributed by atoms with Crippen molar-refractivity contribution in [2.75, 3.05) is 18.0 Å². The van der Waals surface area contributed by atoms with Crippen molar-refractivity contribution in [3.05, 3.63) is 18.1 Å². The SMILES string of the molecule is O=C(O)c1cnc(N2CCC(C(F)(F)F)(C(F)(F)F)C2)cn1. The van der Waals surface area contributed by atoms with E-state index in [1.807, 2.05) is 0 Å². The molecule has 0 atom stereocenters. The van der Waals surface area contributed by atoms with Gasteiger partial charge < -0.3 is 10.0 Å². The fourth-order valence-corrected chi connectivity index (χ4v) is 2.22. The lowest BCUT2D eigenvalue weighted by atomic mass is 9.85. The Bertz CT molecular complexity index is 555. The van der Waals surface area contributed by atoms with Crippen LogP contribution in [0, 0.1) is 5.41 Å². The van der Waals surface area contributed by atoms with Gasteiger partial charge in [-0.05, 0) is 6.42 Å². The van der Waals surface area contributed by atoms with Crippen molar-refractivity contribution in [1.29, 1.82) is 0 Å². The van der Waals surface area contributed by atoms with E-state index in [1.165, 1.54) is 0 Å². The Kier molecular flexibility index (Phi) is 3.70. The summed E-state index contributed by atoms with van der Waals surface area (Å²) in [6.45, 7) is -1.85. The summed E-state index contributed by atoms with van der Waals surface area (Å²) in [5, 5.41) is 8.62. The average molecular weight is 329 g/mol. The zero-order valence-corrected chi connectivity index (χ0v) is 10.7. The fraction of sp³-hybridized carbons (Fsp3) is 0.545. The minimum absolute atomic E-state index is 0.236. The quantitative estimate of drug-likeness (QED) is 0.845. The van der Waals surface area contributed by atoms with Crippen molar-refractivity contribution in [1.82, 2.24) is 9.97 Å². The Morgan fingerprint density at radius 1 is 1.14 bits per heavy atom. The van der Waals surface area contributed by atoms with Gasteiger partial charge in [0.25, 0.3) is 0 Å². The molecule has 1 aromatic heterocycles. The molecule has 0 aromatic carbocycles. The molecule has 0 spiro atoms. The van der Waals surface area contributed by atoms with Crippen molar-refractivity contribution in [2.45, 2.75) is 18.8 Å². The number of halogens is 6. The van der Waals surface area contributed by atoms with E-state index in [0.29, 0.717) is 0 Å². The van der Waals surface area contributed by atoms with Crippen molar-refractivity contribution < 1.29 is 36.2 Å². The molecular weight excluding hydrogens is 320 g/mol. The van der Waals surface area contributed by atoms with Gasteiger partial charge in [-0.15, -0.1) is 0 Å². The Labute approximate surface area is 119 Å². The number of aromatic nitrogens is 2. The van der Waals surface area contributed by atoms with E-state index in [2.05, 4.69) is 9.97 Å². The van der Waals surface area contributed by atoms with Crippen LogP contribution in [-0.4, -0.2) is 46.5 Å². The van der Waals surface area contributed by atoms with Gasteiger partial charge in [0.1, 0.15) is 5.82 Å². The molecule has 122 valence electrons. The second kappa shape index (κ2) is 4.99. The van der Waals surface area contributed by atoms with Crippen LogP contribution in [0.3, 0.4) is 0 Å². The summed E-state index contributed by atoms with van der Waals surface area (Å²) in [7, 11) is 0. The summed E-state index contributed by atoms with van der Waals surface area (Å²) in [6, 6.07) is 0. The third-order valence-corrected chi connectivity index (χ3v) is 3.54. The maximum atomic E-state index is 12.9. The summed E-state index contributed by atoms with van der Waals surface area (Å²) in [5.74, 6) is -1.64. The van der Waals surface area contributed by atoms with Gasteiger partial charge in [0.2, 0.25) is 0 Å². The van der Waals surface area contributed by atoms with Crippen LogP contribution in [0.1, 0.15) is 16.9 Å². The molecule has 22 heavy (non-hydrogen) atoms. The Hall–Kier alpha value is -2.07. The first-order valence-corrected chi connectivity index (χ1v) is 5.92. The number of rotatable bonds is 2. The first kappa shape index (κ1) is 16.3. The van der Waals surface area contributed by atoms with E-state index in [0.717, 1.165) is 17.3 Å². The van der Waals surface area contributed by atoms with Gasteiger partial charge in [-0.3, -0.25) is 0 Å². The molecule has 1 aliphatic rings. The van der Waals surface area contributed by atoms with Crippen LogP contribution in [0.5, 0.6) is 0 Å². The topological polar surface area (TPSA) is 66.3 Å². The standard InChI is InChI=1S/C11H9F6N3O2/c12-10(13,14)9(11(15,16)17)1-2-20(5-9)7-4-18-6(3-19-7)8(21)22/h3-4H,1-2,5H2,(H,21,22). The van der Waals surface area contributed by atoms with Crippen LogP contribution >= 0.6 is 0 Å². The number of carbonyl (C=O) groups is 1. The lowest BCUT2D eigenvalue weighted by Crippen LogP contribution is -2.51. The summed E-state index contributed by atoms with van der Waals surface area (Å²) >= 11 is 0. The van der Waals surface area contributed by atoms with Crippen molar-refractivity contribution >= 4 is 11.8 Å². The first-order valence-electron chi connectivity index (χ1n) is 5.92. The molecule has 2 rings (SSSR count). The predicted octanol–water partition coefficient (Wildman–Crippen LogP) is 2.50. The molecule has 1 fully saturated rings. The Morgan fingerprint density at radius 3 is 2.09 bits per heavy atom. The maximum absolute atomic E-state index is 12.9. The van der Waals surface area contributed by atoms with Gasteiger partial charge in [-0.25, -0.2) is 14.8 Å². The highest BCUT2D eigenvalue weighted by atomic mass is 19.4. The molecular formula is C11H9F6N3O2. The van der Waals surface area contributed by atoms with Crippen LogP contribution in [-0.2, 0) is 0 Å². The molecule has 1 N–H and O–H groups in total. The van der Waals surface area contributed by atoms with E-state index >= 15 is 0 Å². The first-order chi connectivity index (χ1) is 9.98. The second-order valence-electron chi connectivity index (χ2n) is 4.81. The summed E-state index contributed by atoms with van der Waals surface area (Å²) in [6.07, 6.45) is -10.4. The maximum Gasteiger partial charge on any atom is 0.404 e. The molecule has 11 heteroatoms. The zero-order chi connectivity index (χ0) is 16.8. The van der Waals surface area contributed by atoms with Crippen LogP contribution in [0.4, 0.5) is 32.2 Å². The Morgan fingerprint density at radius 2 is 1.73 bits per heavy atom. The van der Waals surface area contributed by atoms with Crippen molar-refractivity contribution in [3.8, 4) is 0 Å². The third-order valence-electron chi connectivity index (χ3n) is 3.54. The monoisotopic (exact) mass is 329 g/mol. The van der Waals surface area contributed by atoms with Crippen molar-refractivity contribution in [2.24, 2.45) is 5.41 Å². The molecule has 0 radical (unpaired) electrons. The number of carboxylic acid groups (broad SMARTS) is 1. The molecule has 2 heterocycles. The number of nitrogens with zero attached hydrogens (tertiary/aromatic N) is 3. The largest absolute Gasteiger partial charge is 0.476 e. The van der Waals surface area contributed by atoms with Gasteiger partial charge in [-0.2, -0.15) is 26.3 Å². The van der Waals surface area contributed by atoms with Crippen LogP contribution in [0.25, 0.3) is 0 Å². The van der Waals surface area contributed by atoms with Gasteiger partial charge >= 0.3 is 18.3 Å². The van der Waals surface area contributed by atoms with E-state index in [-0.39, 0.29) is 5.82 Å². The fourth-order valence-electron chi connectivity index (χ4n) is 2.22. The van der Waals surface area contributed by atoms with Gasteiger partial charge in [0.05, 0.1) is 12.4 Å². The summed E-state index contributed by atoms with van der Waals surface area (Å²) < 4.78 is 77.5. The summed E-state index contributed by atoms with van der Waals surface area (Å²) in [4.78, 5) is 18.4. The lowest BCUT2D eigenvalue weighted by Gasteiger charge is -2.33. The minimum atomic E-state index is -5.45. The number of carboxylic acids is 1. The molecule has 0 bridgehead atoms. The molecule has 1 aromatic rings. The van der Waals surface area contributed by atoms with E-state index in [1.54, 1.807) is 0 Å². The van der Waals surface area contributed by atoms with Crippen LogP contribution in [0.2, 0.25) is 0 Å². The van der Waals surface area contributed by atoms with Crippen LogP contribution in [0.15, 0.2) is 12.4 Å². The predicted molar refractivity (Wildman–Crippen MR) is 60.4 cm³/mol. The number of alkyl halides is 6. The Balaban J connectivity index is 2.29. The molecule has 0 aliphatic carbocycles. The highest BCUT2D eigenvalue weighted by molar-refractivity contribution is 5.84. The summed E-state index contributed by atoms with van der Waals surface area (Å²) in [5.41, 5.74) is -4.28. The molecule has 1 saturated heterocycles. The normalized spacial score (nSPS) is 18.5. The number of anilines is 1. The van der Waals surface area contributed by atoms with E-state index in [4.69, 9.17) is 5.11 Å². The van der Waals surface area contributed by atoms with Gasteiger partial charge in [-0.1, -0.05) is 0 Å². The van der Waals surface area contributed by atoms with E-state index < -0.39 is 48.9 Å². The molecule has 0 unspecified atom stereocenters.